The monoisotopic (exact) mass is 410 g/mol. The molecule has 1 aromatic rings. The van der Waals surface area contributed by atoms with Crippen molar-refractivity contribution in [2.75, 3.05) is 25.0 Å². The number of aromatic nitrogens is 1. The van der Waals surface area contributed by atoms with Gasteiger partial charge in [-0.3, -0.25) is 9.69 Å². The van der Waals surface area contributed by atoms with Gasteiger partial charge in [-0.25, -0.2) is 4.98 Å². The molecule has 3 atom stereocenters. The first kappa shape index (κ1) is 22.6. The molecule has 0 bridgehead atoms. The van der Waals surface area contributed by atoms with E-state index in [0.29, 0.717) is 17.6 Å². The van der Waals surface area contributed by atoms with Gasteiger partial charge in [0.1, 0.15) is 0 Å². The highest BCUT2D eigenvalue weighted by Gasteiger charge is 2.23. The highest BCUT2D eigenvalue weighted by Crippen LogP contribution is 2.20. The van der Waals surface area contributed by atoms with Gasteiger partial charge in [0.25, 0.3) is 0 Å². The molecule has 3 heterocycles. The number of rotatable bonds is 5. The minimum atomic E-state index is 0. The second-order valence-corrected chi connectivity index (χ2v) is 7.50. The van der Waals surface area contributed by atoms with E-state index in [2.05, 4.69) is 34.4 Å². The molecule has 0 saturated carbocycles. The highest BCUT2D eigenvalue weighted by molar-refractivity contribution is 7.13. The first-order valence-corrected chi connectivity index (χ1v) is 9.32. The van der Waals surface area contributed by atoms with Crippen molar-refractivity contribution < 1.29 is 9.53 Å². The van der Waals surface area contributed by atoms with Gasteiger partial charge in [-0.15, -0.1) is 36.2 Å². The number of carbonyl (C=O) groups excluding carboxylic acids is 1. The van der Waals surface area contributed by atoms with Crippen LogP contribution in [0.2, 0.25) is 0 Å². The van der Waals surface area contributed by atoms with Crippen LogP contribution in [0.25, 0.3) is 0 Å². The lowest BCUT2D eigenvalue weighted by molar-refractivity contribution is -0.116. The van der Waals surface area contributed by atoms with Gasteiger partial charge in [0.05, 0.1) is 17.9 Å². The van der Waals surface area contributed by atoms with Crippen LogP contribution in [0.4, 0.5) is 5.13 Å². The van der Waals surface area contributed by atoms with Crippen LogP contribution in [0, 0.1) is 0 Å². The average molecular weight is 411 g/mol. The first-order valence-electron chi connectivity index (χ1n) is 8.44. The van der Waals surface area contributed by atoms with E-state index in [0.717, 1.165) is 44.7 Å². The Hall–Kier alpha value is -0.440. The Bertz CT molecular complexity index is 530. The molecule has 6 nitrogen and oxygen atoms in total. The van der Waals surface area contributed by atoms with Crippen molar-refractivity contribution in [1.82, 2.24) is 15.2 Å². The zero-order valence-corrected chi connectivity index (χ0v) is 17.1. The van der Waals surface area contributed by atoms with E-state index in [1.807, 2.05) is 5.38 Å². The number of nitrogens with zero attached hydrogens (tertiary/aromatic N) is 2. The Balaban J connectivity index is 0.00000156. The van der Waals surface area contributed by atoms with Gasteiger partial charge < -0.3 is 15.4 Å². The first-order chi connectivity index (χ1) is 11.1. The average Bonchev–Trinajstić information content (AvgIpc) is 3.10. The lowest BCUT2D eigenvalue weighted by Gasteiger charge is -2.34. The van der Waals surface area contributed by atoms with Gasteiger partial charge in [-0.1, -0.05) is 0 Å². The Morgan fingerprint density at radius 1 is 1.40 bits per heavy atom. The molecule has 3 rings (SSSR count). The molecule has 1 amide bonds. The molecule has 25 heavy (non-hydrogen) atoms. The SMILES string of the molecule is CC1CN(Cc2csc(NC(=O)CC3CCCN3)n2)CC(C)O1.Cl.Cl. The van der Waals surface area contributed by atoms with Crippen LogP contribution >= 0.6 is 36.2 Å². The van der Waals surface area contributed by atoms with Gasteiger partial charge in [0.15, 0.2) is 5.13 Å². The van der Waals surface area contributed by atoms with Crippen LogP contribution in [0.5, 0.6) is 0 Å². The van der Waals surface area contributed by atoms with Crippen LogP contribution in [-0.2, 0) is 16.1 Å². The predicted octanol–water partition coefficient (Wildman–Crippen LogP) is 2.68. The standard InChI is InChI=1S/C16H26N4O2S.2ClH/c1-11-7-20(8-12(2)22-11)9-14-10-23-16(18-14)19-15(21)6-13-4-3-5-17-13;;/h10-13,17H,3-9H2,1-2H3,(H,18,19,21);2*1H. The molecule has 144 valence electrons. The quantitative estimate of drug-likeness (QED) is 0.780. The molecule has 9 heteroatoms. The van der Waals surface area contributed by atoms with Crippen molar-refractivity contribution in [2.24, 2.45) is 0 Å². The summed E-state index contributed by atoms with van der Waals surface area (Å²) in [7, 11) is 0. The van der Waals surface area contributed by atoms with Gasteiger partial charge in [-0.2, -0.15) is 0 Å². The molecule has 2 aliphatic rings. The molecule has 2 aliphatic heterocycles. The lowest BCUT2D eigenvalue weighted by atomic mass is 10.1. The number of amides is 1. The zero-order valence-electron chi connectivity index (χ0n) is 14.7. The van der Waals surface area contributed by atoms with Gasteiger partial charge in [0.2, 0.25) is 5.91 Å². The van der Waals surface area contributed by atoms with Crippen LogP contribution < -0.4 is 10.6 Å². The number of hydrogen-bond acceptors (Lipinski definition) is 6. The number of thiazole rings is 1. The summed E-state index contributed by atoms with van der Waals surface area (Å²) < 4.78 is 5.75. The van der Waals surface area contributed by atoms with Crippen LogP contribution in [0.1, 0.15) is 38.8 Å². The normalized spacial score (nSPS) is 26.6. The molecular formula is C16H28Cl2N4O2S. The molecule has 3 unspecified atom stereocenters. The number of ether oxygens (including phenoxy) is 1. The smallest absolute Gasteiger partial charge is 0.227 e. The highest BCUT2D eigenvalue weighted by atomic mass is 35.5. The number of anilines is 1. The van der Waals surface area contributed by atoms with Gasteiger partial charge in [-0.05, 0) is 33.2 Å². The Morgan fingerprint density at radius 3 is 2.76 bits per heavy atom. The van der Waals surface area contributed by atoms with Crippen LogP contribution in [0.15, 0.2) is 5.38 Å². The molecule has 0 aliphatic carbocycles. The number of hydrogen-bond donors (Lipinski definition) is 2. The fourth-order valence-electron chi connectivity index (χ4n) is 3.40. The molecule has 2 fully saturated rings. The van der Waals surface area contributed by atoms with Crippen molar-refractivity contribution >= 4 is 47.2 Å². The topological polar surface area (TPSA) is 66.5 Å². The lowest BCUT2D eigenvalue weighted by Crippen LogP contribution is -2.44. The number of carbonyl (C=O) groups is 1. The molecule has 0 aromatic carbocycles. The maximum atomic E-state index is 12.0. The molecular weight excluding hydrogens is 383 g/mol. The van der Waals surface area contributed by atoms with Gasteiger partial charge in [0, 0.05) is 37.5 Å². The van der Waals surface area contributed by atoms with Crippen LogP contribution in [-0.4, -0.2) is 53.7 Å². The largest absolute Gasteiger partial charge is 0.373 e. The third-order valence-corrected chi connectivity index (χ3v) is 5.08. The zero-order chi connectivity index (χ0) is 16.2. The summed E-state index contributed by atoms with van der Waals surface area (Å²) >= 11 is 1.50. The molecule has 0 radical (unpaired) electrons. The Kier molecular flexibility index (Phi) is 9.62. The van der Waals surface area contributed by atoms with E-state index < -0.39 is 0 Å². The van der Waals surface area contributed by atoms with E-state index in [9.17, 15) is 4.79 Å². The number of morpholine rings is 1. The van der Waals surface area contributed by atoms with Gasteiger partial charge >= 0.3 is 0 Å². The summed E-state index contributed by atoms with van der Waals surface area (Å²) in [6.45, 7) is 7.90. The molecule has 2 N–H and O–H groups in total. The summed E-state index contributed by atoms with van der Waals surface area (Å²) in [6, 6.07) is 0.325. The maximum Gasteiger partial charge on any atom is 0.227 e. The third kappa shape index (κ3) is 7.00. The summed E-state index contributed by atoms with van der Waals surface area (Å²) in [5, 5.41) is 9.02. The van der Waals surface area contributed by atoms with Crippen molar-refractivity contribution in [3.05, 3.63) is 11.1 Å². The number of nitrogens with one attached hydrogen (secondary N) is 2. The second kappa shape index (κ2) is 10.6. The molecule has 1 aromatic heterocycles. The van der Waals surface area contributed by atoms with Crippen molar-refractivity contribution in [1.29, 1.82) is 0 Å². The molecule has 0 spiro atoms. The summed E-state index contributed by atoms with van der Waals surface area (Å²) in [6.07, 6.45) is 3.30. The summed E-state index contributed by atoms with van der Waals surface area (Å²) in [4.78, 5) is 19.0. The van der Waals surface area contributed by atoms with E-state index in [-0.39, 0.29) is 42.9 Å². The fraction of sp³-hybridized carbons (Fsp3) is 0.750. The van der Waals surface area contributed by atoms with E-state index in [4.69, 9.17) is 4.74 Å². The minimum absolute atomic E-state index is 0. The van der Waals surface area contributed by atoms with E-state index in [1.54, 1.807) is 0 Å². The van der Waals surface area contributed by atoms with Crippen LogP contribution in [0.3, 0.4) is 0 Å². The number of halogens is 2. The predicted molar refractivity (Wildman–Crippen MR) is 106 cm³/mol. The Morgan fingerprint density at radius 2 is 2.12 bits per heavy atom. The maximum absolute atomic E-state index is 12.0. The fourth-order valence-corrected chi connectivity index (χ4v) is 4.12. The summed E-state index contributed by atoms with van der Waals surface area (Å²) in [5.41, 5.74) is 1.02. The third-order valence-electron chi connectivity index (χ3n) is 4.27. The van der Waals surface area contributed by atoms with E-state index in [1.165, 1.54) is 11.3 Å². The van der Waals surface area contributed by atoms with Crippen molar-refractivity contribution in [3.63, 3.8) is 0 Å². The van der Waals surface area contributed by atoms with E-state index >= 15 is 0 Å². The molecule has 2 saturated heterocycles. The Labute approximate surface area is 165 Å². The van der Waals surface area contributed by atoms with Crippen molar-refractivity contribution in [2.45, 2.75) is 57.9 Å². The summed E-state index contributed by atoms with van der Waals surface area (Å²) in [5.74, 6) is 0.0546. The second-order valence-electron chi connectivity index (χ2n) is 6.64. The minimum Gasteiger partial charge on any atom is -0.373 e. The van der Waals surface area contributed by atoms with Crippen molar-refractivity contribution in [3.8, 4) is 0 Å².